The summed E-state index contributed by atoms with van der Waals surface area (Å²) in [6.45, 7) is 3.55. The van der Waals surface area contributed by atoms with Gasteiger partial charge in [-0.1, -0.05) is 12.1 Å². The number of hydrogen-bond acceptors (Lipinski definition) is 1. The zero-order valence-electron chi connectivity index (χ0n) is 8.43. The summed E-state index contributed by atoms with van der Waals surface area (Å²) in [6.07, 6.45) is -1.76. The number of halogens is 2. The first-order valence-electron chi connectivity index (χ1n) is 4.64. The van der Waals surface area contributed by atoms with Crippen LogP contribution >= 0.6 is 0 Å². The highest BCUT2D eigenvalue weighted by Crippen LogP contribution is 2.23. The van der Waals surface area contributed by atoms with Gasteiger partial charge in [0.25, 0.3) is 6.43 Å². The Labute approximate surface area is 82.9 Å². The lowest BCUT2D eigenvalue weighted by molar-refractivity contribution is 0.150. The van der Waals surface area contributed by atoms with Crippen molar-refractivity contribution >= 4 is 0 Å². The second kappa shape index (κ2) is 4.51. The lowest BCUT2D eigenvalue weighted by atomic mass is 10.0. The second-order valence-corrected chi connectivity index (χ2v) is 3.67. The van der Waals surface area contributed by atoms with E-state index < -0.39 is 6.43 Å². The third-order valence-corrected chi connectivity index (χ3v) is 2.14. The molecule has 0 aliphatic rings. The molecule has 3 heteroatoms. The quantitative estimate of drug-likeness (QED) is 0.795. The Morgan fingerprint density at radius 1 is 1.36 bits per heavy atom. The van der Waals surface area contributed by atoms with Gasteiger partial charge in [0.05, 0.1) is 0 Å². The van der Waals surface area contributed by atoms with Crippen LogP contribution in [0.4, 0.5) is 8.78 Å². The van der Waals surface area contributed by atoms with E-state index in [2.05, 4.69) is 0 Å². The van der Waals surface area contributed by atoms with E-state index in [-0.39, 0.29) is 11.6 Å². The van der Waals surface area contributed by atoms with E-state index in [0.29, 0.717) is 12.0 Å². The molecule has 14 heavy (non-hydrogen) atoms. The average Bonchev–Trinajstić information content (AvgIpc) is 2.07. The number of hydrogen-bond donors (Lipinski definition) is 1. The molecule has 0 amide bonds. The normalized spacial score (nSPS) is 13.3. The van der Waals surface area contributed by atoms with Crippen LogP contribution in [0.3, 0.4) is 0 Å². The highest BCUT2D eigenvalue weighted by atomic mass is 19.3. The molecule has 78 valence electrons. The Kier molecular flexibility index (Phi) is 3.58. The summed E-state index contributed by atoms with van der Waals surface area (Å²) in [4.78, 5) is 0. The summed E-state index contributed by atoms with van der Waals surface area (Å²) in [5.41, 5.74) is 7.22. The van der Waals surface area contributed by atoms with E-state index in [4.69, 9.17) is 5.73 Å². The molecule has 0 radical (unpaired) electrons. The van der Waals surface area contributed by atoms with Crippen molar-refractivity contribution in [3.8, 4) is 0 Å². The molecule has 0 bridgehead atoms. The molecule has 1 aromatic rings. The van der Waals surface area contributed by atoms with Gasteiger partial charge in [0.2, 0.25) is 0 Å². The summed E-state index contributed by atoms with van der Waals surface area (Å²) in [7, 11) is 0. The zero-order valence-corrected chi connectivity index (χ0v) is 8.43. The van der Waals surface area contributed by atoms with Gasteiger partial charge in [-0.05, 0) is 37.5 Å². The Morgan fingerprint density at radius 3 is 2.50 bits per heavy atom. The van der Waals surface area contributed by atoms with Crippen LogP contribution in [-0.4, -0.2) is 6.04 Å². The minimum Gasteiger partial charge on any atom is -0.328 e. The molecule has 1 aromatic carbocycles. The number of aryl methyl sites for hydroxylation is 1. The van der Waals surface area contributed by atoms with Crippen LogP contribution in [0.5, 0.6) is 0 Å². The van der Waals surface area contributed by atoms with Crippen molar-refractivity contribution in [2.45, 2.75) is 32.7 Å². The minimum absolute atomic E-state index is 0.00299. The predicted octanol–water partition coefficient (Wildman–Crippen LogP) is 2.82. The van der Waals surface area contributed by atoms with Crippen molar-refractivity contribution in [2.75, 3.05) is 0 Å². The van der Waals surface area contributed by atoms with Gasteiger partial charge in [-0.3, -0.25) is 0 Å². The van der Waals surface area contributed by atoms with E-state index >= 15 is 0 Å². The molecular formula is C11H15F2N. The minimum atomic E-state index is -2.40. The molecule has 0 saturated carbocycles. The van der Waals surface area contributed by atoms with Crippen LogP contribution in [0.1, 0.15) is 30.0 Å². The number of nitrogens with two attached hydrogens (primary N) is 1. The highest BCUT2D eigenvalue weighted by Gasteiger charge is 2.11. The van der Waals surface area contributed by atoms with Gasteiger partial charge in [0.15, 0.2) is 0 Å². The molecule has 1 atom stereocenters. The summed E-state index contributed by atoms with van der Waals surface area (Å²) < 4.78 is 25.0. The standard InChI is InChI=1S/C11H15F2N/c1-7-3-4-9(5-8(2)14)6-10(7)11(12)13/h3-4,6,8,11H,5,14H2,1-2H3. The third kappa shape index (κ3) is 2.77. The van der Waals surface area contributed by atoms with E-state index in [0.717, 1.165) is 5.56 Å². The summed E-state index contributed by atoms with van der Waals surface area (Å²) in [5.74, 6) is 0. The highest BCUT2D eigenvalue weighted by molar-refractivity contribution is 5.32. The molecule has 0 saturated heterocycles. The van der Waals surface area contributed by atoms with E-state index in [9.17, 15) is 8.78 Å². The zero-order chi connectivity index (χ0) is 10.7. The third-order valence-electron chi connectivity index (χ3n) is 2.14. The Hall–Kier alpha value is -0.960. The van der Waals surface area contributed by atoms with Gasteiger partial charge < -0.3 is 5.73 Å². The predicted molar refractivity (Wildman–Crippen MR) is 53.5 cm³/mol. The molecule has 1 nitrogen and oxygen atoms in total. The molecule has 1 unspecified atom stereocenters. The Balaban J connectivity index is 2.94. The fourth-order valence-corrected chi connectivity index (χ4v) is 1.42. The smallest absolute Gasteiger partial charge is 0.264 e. The van der Waals surface area contributed by atoms with Gasteiger partial charge in [-0.2, -0.15) is 0 Å². The number of alkyl halides is 2. The second-order valence-electron chi connectivity index (χ2n) is 3.67. The van der Waals surface area contributed by atoms with Crippen molar-refractivity contribution in [3.05, 3.63) is 34.9 Å². The summed E-state index contributed by atoms with van der Waals surface area (Å²) >= 11 is 0. The molecule has 2 N–H and O–H groups in total. The van der Waals surface area contributed by atoms with E-state index in [1.54, 1.807) is 19.1 Å². The fraction of sp³-hybridized carbons (Fsp3) is 0.455. The number of benzene rings is 1. The largest absolute Gasteiger partial charge is 0.328 e. The maximum absolute atomic E-state index is 12.5. The van der Waals surface area contributed by atoms with Crippen LogP contribution in [0, 0.1) is 6.92 Å². The van der Waals surface area contributed by atoms with Crippen LogP contribution in [0.2, 0.25) is 0 Å². The van der Waals surface area contributed by atoms with Gasteiger partial charge in [0.1, 0.15) is 0 Å². The summed E-state index contributed by atoms with van der Waals surface area (Å²) in [6, 6.07) is 5.12. The van der Waals surface area contributed by atoms with Crippen molar-refractivity contribution in [1.29, 1.82) is 0 Å². The fourth-order valence-electron chi connectivity index (χ4n) is 1.42. The molecule has 1 rings (SSSR count). The first-order chi connectivity index (χ1) is 6.50. The van der Waals surface area contributed by atoms with Gasteiger partial charge in [-0.15, -0.1) is 0 Å². The van der Waals surface area contributed by atoms with Crippen molar-refractivity contribution in [3.63, 3.8) is 0 Å². The molecule has 0 aliphatic carbocycles. The van der Waals surface area contributed by atoms with E-state index in [1.165, 1.54) is 0 Å². The van der Waals surface area contributed by atoms with Crippen LogP contribution < -0.4 is 5.73 Å². The topological polar surface area (TPSA) is 26.0 Å². The van der Waals surface area contributed by atoms with Crippen LogP contribution in [0.25, 0.3) is 0 Å². The lowest BCUT2D eigenvalue weighted by Crippen LogP contribution is -2.17. The van der Waals surface area contributed by atoms with E-state index in [1.807, 2.05) is 13.0 Å². The summed E-state index contributed by atoms with van der Waals surface area (Å²) in [5, 5.41) is 0. The molecular weight excluding hydrogens is 184 g/mol. The number of rotatable bonds is 3. The van der Waals surface area contributed by atoms with Gasteiger partial charge >= 0.3 is 0 Å². The molecule has 0 aromatic heterocycles. The Bertz CT molecular complexity index is 308. The SMILES string of the molecule is Cc1ccc(CC(C)N)cc1C(F)F. The van der Waals surface area contributed by atoms with Gasteiger partial charge in [0, 0.05) is 11.6 Å². The Morgan fingerprint density at radius 2 is 2.00 bits per heavy atom. The maximum Gasteiger partial charge on any atom is 0.264 e. The van der Waals surface area contributed by atoms with Crippen LogP contribution in [0.15, 0.2) is 18.2 Å². The van der Waals surface area contributed by atoms with Gasteiger partial charge in [-0.25, -0.2) is 8.78 Å². The van der Waals surface area contributed by atoms with Crippen molar-refractivity contribution in [1.82, 2.24) is 0 Å². The molecule has 0 aliphatic heterocycles. The molecule has 0 heterocycles. The van der Waals surface area contributed by atoms with Crippen LogP contribution in [-0.2, 0) is 6.42 Å². The lowest BCUT2D eigenvalue weighted by Gasteiger charge is -2.09. The first kappa shape index (κ1) is 11.1. The average molecular weight is 199 g/mol. The maximum atomic E-state index is 12.5. The monoisotopic (exact) mass is 199 g/mol. The molecule has 0 spiro atoms. The van der Waals surface area contributed by atoms with Crippen molar-refractivity contribution in [2.24, 2.45) is 5.73 Å². The molecule has 0 fully saturated rings. The first-order valence-corrected chi connectivity index (χ1v) is 4.64. The van der Waals surface area contributed by atoms with Crippen molar-refractivity contribution < 1.29 is 8.78 Å².